The van der Waals surface area contributed by atoms with E-state index in [9.17, 15) is 0 Å². The molecule has 0 aliphatic heterocycles. The van der Waals surface area contributed by atoms with Crippen molar-refractivity contribution in [2.75, 3.05) is 33.9 Å². The SMILES string of the molecule is CCOc1cc(CNC(=NC)NCCCN(C(C)C)C(C)C)ccc1OC. The smallest absolute Gasteiger partial charge is 0.191 e. The van der Waals surface area contributed by atoms with Gasteiger partial charge in [-0.1, -0.05) is 6.07 Å². The van der Waals surface area contributed by atoms with Crippen LogP contribution in [-0.2, 0) is 6.54 Å². The second kappa shape index (κ2) is 12.4. The Balaban J connectivity index is 2.47. The molecule has 0 atom stereocenters. The molecule has 2 N–H and O–H groups in total. The predicted molar refractivity (Wildman–Crippen MR) is 114 cm³/mol. The minimum absolute atomic E-state index is 0.567. The molecule has 154 valence electrons. The first kappa shape index (κ1) is 23.1. The number of methoxy groups -OCH3 is 1. The Labute approximate surface area is 165 Å². The molecule has 0 amide bonds. The van der Waals surface area contributed by atoms with E-state index in [0.717, 1.165) is 42.5 Å². The summed E-state index contributed by atoms with van der Waals surface area (Å²) in [6, 6.07) is 7.11. The van der Waals surface area contributed by atoms with Crippen LogP contribution in [0.25, 0.3) is 0 Å². The van der Waals surface area contributed by atoms with Crippen LogP contribution < -0.4 is 20.1 Å². The van der Waals surface area contributed by atoms with Crippen molar-refractivity contribution < 1.29 is 9.47 Å². The number of hydrogen-bond acceptors (Lipinski definition) is 4. The molecule has 0 unspecified atom stereocenters. The molecule has 0 saturated heterocycles. The van der Waals surface area contributed by atoms with Gasteiger partial charge in [0.1, 0.15) is 0 Å². The second-order valence-electron chi connectivity index (χ2n) is 7.05. The Morgan fingerprint density at radius 1 is 1.11 bits per heavy atom. The molecule has 1 rings (SSSR count). The van der Waals surface area contributed by atoms with Gasteiger partial charge in [-0.25, -0.2) is 0 Å². The van der Waals surface area contributed by atoms with E-state index < -0.39 is 0 Å². The lowest BCUT2D eigenvalue weighted by atomic mass is 10.2. The lowest BCUT2D eigenvalue weighted by Gasteiger charge is -2.30. The molecule has 1 aromatic carbocycles. The van der Waals surface area contributed by atoms with Crippen LogP contribution >= 0.6 is 0 Å². The summed E-state index contributed by atoms with van der Waals surface area (Å²) in [4.78, 5) is 6.81. The molecule has 1 aromatic rings. The van der Waals surface area contributed by atoms with Crippen molar-refractivity contribution in [3.63, 3.8) is 0 Å². The van der Waals surface area contributed by atoms with E-state index in [4.69, 9.17) is 9.47 Å². The molecule has 0 radical (unpaired) electrons. The van der Waals surface area contributed by atoms with Crippen molar-refractivity contribution >= 4 is 5.96 Å². The number of nitrogens with one attached hydrogen (secondary N) is 2. The van der Waals surface area contributed by atoms with Gasteiger partial charge in [0.05, 0.1) is 13.7 Å². The third-order valence-corrected chi connectivity index (χ3v) is 4.42. The number of nitrogens with zero attached hydrogens (tertiary/aromatic N) is 2. The molecule has 0 saturated carbocycles. The van der Waals surface area contributed by atoms with E-state index in [0.29, 0.717) is 25.2 Å². The van der Waals surface area contributed by atoms with Crippen LogP contribution in [0.1, 0.15) is 46.6 Å². The molecular weight excluding hydrogens is 340 g/mol. The van der Waals surface area contributed by atoms with Gasteiger partial charge in [-0.3, -0.25) is 9.89 Å². The summed E-state index contributed by atoms with van der Waals surface area (Å²) < 4.78 is 11.0. The van der Waals surface area contributed by atoms with Crippen LogP contribution in [0.4, 0.5) is 0 Å². The highest BCUT2D eigenvalue weighted by Crippen LogP contribution is 2.27. The first-order chi connectivity index (χ1) is 12.9. The topological polar surface area (TPSA) is 58.1 Å². The number of guanidine groups is 1. The molecule has 0 aliphatic carbocycles. The number of rotatable bonds is 11. The van der Waals surface area contributed by atoms with Crippen molar-refractivity contribution in [1.82, 2.24) is 15.5 Å². The van der Waals surface area contributed by atoms with Crippen molar-refractivity contribution in [3.05, 3.63) is 23.8 Å². The number of aliphatic imine (C=N–C) groups is 1. The molecule has 6 nitrogen and oxygen atoms in total. The van der Waals surface area contributed by atoms with E-state index in [-0.39, 0.29) is 0 Å². The van der Waals surface area contributed by atoms with Gasteiger partial charge in [0, 0.05) is 38.8 Å². The van der Waals surface area contributed by atoms with Crippen LogP contribution in [0.3, 0.4) is 0 Å². The zero-order valence-corrected chi connectivity index (χ0v) is 18.1. The number of benzene rings is 1. The van der Waals surface area contributed by atoms with Gasteiger partial charge < -0.3 is 20.1 Å². The molecule has 0 heterocycles. The van der Waals surface area contributed by atoms with Crippen LogP contribution in [0.2, 0.25) is 0 Å². The maximum atomic E-state index is 5.64. The molecule has 0 bridgehead atoms. The Bertz CT molecular complexity index is 565. The summed E-state index contributed by atoms with van der Waals surface area (Å²) in [7, 11) is 3.45. The molecule has 27 heavy (non-hydrogen) atoms. The summed E-state index contributed by atoms with van der Waals surface area (Å²) >= 11 is 0. The summed E-state index contributed by atoms with van der Waals surface area (Å²) in [5.41, 5.74) is 1.12. The largest absolute Gasteiger partial charge is 0.493 e. The molecule has 0 aliphatic rings. The number of hydrogen-bond donors (Lipinski definition) is 2. The maximum absolute atomic E-state index is 5.64. The third kappa shape index (κ3) is 8.08. The van der Waals surface area contributed by atoms with Gasteiger partial charge in [-0.2, -0.15) is 0 Å². The zero-order valence-electron chi connectivity index (χ0n) is 18.1. The van der Waals surface area contributed by atoms with Crippen molar-refractivity contribution in [2.45, 2.75) is 59.7 Å². The maximum Gasteiger partial charge on any atom is 0.191 e. The van der Waals surface area contributed by atoms with Crippen LogP contribution in [0, 0.1) is 0 Å². The van der Waals surface area contributed by atoms with E-state index in [1.165, 1.54) is 0 Å². The highest BCUT2D eigenvalue weighted by molar-refractivity contribution is 5.79. The molecule has 0 fully saturated rings. The van der Waals surface area contributed by atoms with E-state index >= 15 is 0 Å². The van der Waals surface area contributed by atoms with E-state index in [1.807, 2.05) is 25.1 Å². The summed E-state index contributed by atoms with van der Waals surface area (Å²) in [5.74, 6) is 2.33. The molecule has 0 aromatic heterocycles. The fourth-order valence-electron chi connectivity index (χ4n) is 3.09. The first-order valence-corrected chi connectivity index (χ1v) is 9.92. The van der Waals surface area contributed by atoms with Gasteiger partial charge in [0.15, 0.2) is 17.5 Å². The average molecular weight is 379 g/mol. The minimum Gasteiger partial charge on any atom is -0.493 e. The Morgan fingerprint density at radius 2 is 1.81 bits per heavy atom. The Hall–Kier alpha value is -1.95. The highest BCUT2D eigenvalue weighted by Gasteiger charge is 2.12. The number of ether oxygens (including phenoxy) is 2. The zero-order chi connectivity index (χ0) is 20.2. The predicted octanol–water partition coefficient (Wildman–Crippen LogP) is 3.27. The van der Waals surface area contributed by atoms with Crippen molar-refractivity contribution in [1.29, 1.82) is 0 Å². The van der Waals surface area contributed by atoms with Gasteiger partial charge >= 0.3 is 0 Å². The lowest BCUT2D eigenvalue weighted by Crippen LogP contribution is -2.41. The van der Waals surface area contributed by atoms with Crippen LogP contribution in [0.15, 0.2) is 23.2 Å². The van der Waals surface area contributed by atoms with Gasteiger partial charge in [-0.05, 0) is 58.7 Å². The van der Waals surface area contributed by atoms with Crippen LogP contribution in [0.5, 0.6) is 11.5 Å². The fourth-order valence-corrected chi connectivity index (χ4v) is 3.09. The highest BCUT2D eigenvalue weighted by atomic mass is 16.5. The monoisotopic (exact) mass is 378 g/mol. The molecular formula is C21H38N4O2. The first-order valence-electron chi connectivity index (χ1n) is 9.92. The van der Waals surface area contributed by atoms with Gasteiger partial charge in [0.25, 0.3) is 0 Å². The fraction of sp³-hybridized carbons (Fsp3) is 0.667. The average Bonchev–Trinajstić information content (AvgIpc) is 2.63. The minimum atomic E-state index is 0.567. The standard InChI is InChI=1S/C21H38N4O2/c1-8-27-20-14-18(10-11-19(20)26-7)15-24-21(22-6)23-12-9-13-25(16(2)3)17(4)5/h10-11,14,16-17H,8-9,12-13,15H2,1-7H3,(H2,22,23,24). The Kier molecular flexibility index (Phi) is 10.6. The second-order valence-corrected chi connectivity index (χ2v) is 7.05. The van der Waals surface area contributed by atoms with Gasteiger partial charge in [0.2, 0.25) is 0 Å². The van der Waals surface area contributed by atoms with Crippen molar-refractivity contribution in [3.8, 4) is 11.5 Å². The third-order valence-electron chi connectivity index (χ3n) is 4.42. The molecule has 6 heteroatoms. The lowest BCUT2D eigenvalue weighted by molar-refractivity contribution is 0.173. The van der Waals surface area contributed by atoms with E-state index in [1.54, 1.807) is 14.2 Å². The normalized spacial score (nSPS) is 12.0. The summed E-state index contributed by atoms with van der Waals surface area (Å²) in [5, 5.41) is 6.75. The van der Waals surface area contributed by atoms with Crippen molar-refractivity contribution in [2.24, 2.45) is 4.99 Å². The summed E-state index contributed by atoms with van der Waals surface area (Å²) in [6.07, 6.45) is 1.08. The molecule has 0 spiro atoms. The Morgan fingerprint density at radius 3 is 2.37 bits per heavy atom. The summed E-state index contributed by atoms with van der Waals surface area (Å²) in [6.45, 7) is 14.2. The quantitative estimate of drug-likeness (QED) is 0.352. The van der Waals surface area contributed by atoms with Crippen LogP contribution in [-0.4, -0.2) is 56.8 Å². The van der Waals surface area contributed by atoms with E-state index in [2.05, 4.69) is 48.2 Å². The van der Waals surface area contributed by atoms with Gasteiger partial charge in [-0.15, -0.1) is 0 Å².